The van der Waals surface area contributed by atoms with Crippen LogP contribution in [-0.2, 0) is 4.74 Å². The van der Waals surface area contributed by atoms with E-state index in [2.05, 4.69) is 4.98 Å². The Morgan fingerprint density at radius 3 is 2.89 bits per heavy atom. The van der Waals surface area contributed by atoms with Gasteiger partial charge in [0, 0.05) is 12.7 Å². The molecule has 1 aliphatic heterocycles. The number of aromatic nitrogens is 1. The SMILES string of the molecule is O=Cc1c(O)cccc1OC[C@@H]1COCCN1C(=O)c1cccnc1C(=O)O. The first kappa shape index (κ1) is 19.3. The molecule has 0 bridgehead atoms. The van der Waals surface area contributed by atoms with Crippen molar-refractivity contribution in [2.75, 3.05) is 26.4 Å². The van der Waals surface area contributed by atoms with Gasteiger partial charge in [-0.2, -0.15) is 0 Å². The number of morpholine rings is 1. The molecule has 28 heavy (non-hydrogen) atoms. The molecule has 0 saturated carbocycles. The van der Waals surface area contributed by atoms with Crippen LogP contribution < -0.4 is 4.74 Å². The summed E-state index contributed by atoms with van der Waals surface area (Å²) in [7, 11) is 0. The highest BCUT2D eigenvalue weighted by Crippen LogP contribution is 2.26. The number of amides is 1. The number of carbonyl (C=O) groups is 3. The van der Waals surface area contributed by atoms with Crippen LogP contribution in [0.4, 0.5) is 0 Å². The molecule has 0 aliphatic carbocycles. The maximum absolute atomic E-state index is 12.9. The summed E-state index contributed by atoms with van der Waals surface area (Å²) in [6.07, 6.45) is 1.79. The van der Waals surface area contributed by atoms with Gasteiger partial charge in [-0.3, -0.25) is 9.59 Å². The number of carboxylic acid groups (broad SMARTS) is 1. The number of nitrogens with zero attached hydrogens (tertiary/aromatic N) is 2. The maximum Gasteiger partial charge on any atom is 0.355 e. The highest BCUT2D eigenvalue weighted by molar-refractivity contribution is 6.03. The number of pyridine rings is 1. The molecule has 0 spiro atoms. The predicted molar refractivity (Wildman–Crippen MR) is 95.8 cm³/mol. The minimum atomic E-state index is -1.29. The molecule has 0 unspecified atom stereocenters. The van der Waals surface area contributed by atoms with E-state index in [1.807, 2.05) is 0 Å². The zero-order valence-corrected chi connectivity index (χ0v) is 14.8. The Bertz CT molecular complexity index is 900. The molecule has 0 radical (unpaired) electrons. The van der Waals surface area contributed by atoms with Crippen molar-refractivity contribution >= 4 is 18.2 Å². The van der Waals surface area contributed by atoms with Crippen molar-refractivity contribution in [1.82, 2.24) is 9.88 Å². The van der Waals surface area contributed by atoms with Crippen LogP contribution in [0.5, 0.6) is 11.5 Å². The summed E-state index contributed by atoms with van der Waals surface area (Å²) >= 11 is 0. The Hall–Kier alpha value is -3.46. The fourth-order valence-corrected chi connectivity index (χ4v) is 2.93. The van der Waals surface area contributed by atoms with E-state index >= 15 is 0 Å². The number of hydrogen-bond donors (Lipinski definition) is 2. The lowest BCUT2D eigenvalue weighted by molar-refractivity contribution is -0.0152. The maximum atomic E-state index is 12.9. The molecule has 3 rings (SSSR count). The number of carboxylic acids is 1. The molecule has 2 heterocycles. The van der Waals surface area contributed by atoms with E-state index in [-0.39, 0.29) is 48.1 Å². The molecule has 1 aliphatic rings. The van der Waals surface area contributed by atoms with E-state index in [4.69, 9.17) is 9.47 Å². The van der Waals surface area contributed by atoms with Gasteiger partial charge in [-0.15, -0.1) is 0 Å². The molecular formula is C19H18N2O7. The number of aromatic carboxylic acids is 1. The first-order chi connectivity index (χ1) is 13.5. The molecule has 1 fully saturated rings. The minimum Gasteiger partial charge on any atom is -0.507 e. The van der Waals surface area contributed by atoms with Gasteiger partial charge in [-0.1, -0.05) is 6.07 Å². The van der Waals surface area contributed by atoms with Crippen LogP contribution in [-0.4, -0.2) is 70.7 Å². The minimum absolute atomic E-state index is 0.00129. The van der Waals surface area contributed by atoms with Gasteiger partial charge in [-0.25, -0.2) is 9.78 Å². The number of phenolic OH excluding ortho intramolecular Hbond substituents is 1. The van der Waals surface area contributed by atoms with Crippen molar-refractivity contribution in [1.29, 1.82) is 0 Å². The van der Waals surface area contributed by atoms with Crippen molar-refractivity contribution < 1.29 is 34.1 Å². The largest absolute Gasteiger partial charge is 0.507 e. The van der Waals surface area contributed by atoms with Crippen molar-refractivity contribution in [2.45, 2.75) is 6.04 Å². The van der Waals surface area contributed by atoms with Crippen molar-refractivity contribution in [3.05, 3.63) is 53.3 Å². The fourth-order valence-electron chi connectivity index (χ4n) is 2.93. The van der Waals surface area contributed by atoms with Gasteiger partial charge in [0.25, 0.3) is 5.91 Å². The van der Waals surface area contributed by atoms with Crippen LogP contribution in [0.3, 0.4) is 0 Å². The summed E-state index contributed by atoms with van der Waals surface area (Å²) in [5.41, 5.74) is -0.333. The van der Waals surface area contributed by atoms with Crippen molar-refractivity contribution in [3.63, 3.8) is 0 Å². The number of aromatic hydroxyl groups is 1. The third-order valence-corrected chi connectivity index (χ3v) is 4.32. The highest BCUT2D eigenvalue weighted by Gasteiger charge is 2.31. The fraction of sp³-hybridized carbons (Fsp3) is 0.263. The Labute approximate surface area is 160 Å². The number of hydrogen-bond acceptors (Lipinski definition) is 7. The first-order valence-corrected chi connectivity index (χ1v) is 8.50. The lowest BCUT2D eigenvalue weighted by Gasteiger charge is -2.35. The first-order valence-electron chi connectivity index (χ1n) is 8.50. The molecule has 2 N–H and O–H groups in total. The van der Waals surface area contributed by atoms with E-state index in [9.17, 15) is 24.6 Å². The van der Waals surface area contributed by atoms with Crippen LogP contribution in [0.1, 0.15) is 31.2 Å². The average Bonchev–Trinajstić information content (AvgIpc) is 2.72. The summed E-state index contributed by atoms with van der Waals surface area (Å²) in [6, 6.07) is 6.83. The van der Waals surface area contributed by atoms with E-state index in [1.165, 1.54) is 41.4 Å². The van der Waals surface area contributed by atoms with Gasteiger partial charge in [0.1, 0.15) is 18.1 Å². The quantitative estimate of drug-likeness (QED) is 0.710. The summed E-state index contributed by atoms with van der Waals surface area (Å²) < 4.78 is 11.1. The third-order valence-electron chi connectivity index (χ3n) is 4.32. The summed E-state index contributed by atoms with van der Waals surface area (Å²) in [5.74, 6) is -1.81. The lowest BCUT2D eigenvalue weighted by Crippen LogP contribution is -2.51. The van der Waals surface area contributed by atoms with Gasteiger partial charge >= 0.3 is 5.97 Å². The van der Waals surface area contributed by atoms with E-state index in [0.29, 0.717) is 12.9 Å². The molecule has 9 nitrogen and oxygen atoms in total. The van der Waals surface area contributed by atoms with Gasteiger partial charge < -0.3 is 24.6 Å². The number of phenols is 1. The third kappa shape index (κ3) is 3.94. The predicted octanol–water partition coefficient (Wildman–Crippen LogP) is 1.22. The Kier molecular flexibility index (Phi) is 5.85. The Morgan fingerprint density at radius 1 is 1.32 bits per heavy atom. The standard InChI is InChI=1S/C19H18N2O7/c22-9-14-15(23)4-1-5-16(14)28-11-12-10-27-8-7-21(12)18(24)13-3-2-6-20-17(13)19(25)26/h1-6,9,12,23H,7-8,10-11H2,(H,25,26)/t12-/m0/s1. The molecule has 1 aromatic carbocycles. The van der Waals surface area contributed by atoms with Crippen LogP contribution in [0.25, 0.3) is 0 Å². The second-order valence-electron chi connectivity index (χ2n) is 6.05. The Balaban J connectivity index is 1.80. The molecule has 146 valence electrons. The smallest absolute Gasteiger partial charge is 0.355 e. The molecule has 1 aromatic heterocycles. The summed E-state index contributed by atoms with van der Waals surface area (Å²) in [5, 5.41) is 19.0. The zero-order valence-electron chi connectivity index (χ0n) is 14.8. The second-order valence-corrected chi connectivity index (χ2v) is 6.05. The molecule has 9 heteroatoms. The van der Waals surface area contributed by atoms with Crippen LogP contribution in [0.15, 0.2) is 36.5 Å². The highest BCUT2D eigenvalue weighted by atomic mass is 16.5. The number of benzene rings is 1. The van der Waals surface area contributed by atoms with Gasteiger partial charge in [0.2, 0.25) is 0 Å². The van der Waals surface area contributed by atoms with E-state index in [1.54, 1.807) is 0 Å². The van der Waals surface area contributed by atoms with Crippen molar-refractivity contribution in [2.24, 2.45) is 0 Å². The van der Waals surface area contributed by atoms with Gasteiger partial charge in [0.15, 0.2) is 12.0 Å². The molecule has 1 atom stereocenters. The van der Waals surface area contributed by atoms with Crippen molar-refractivity contribution in [3.8, 4) is 11.5 Å². The van der Waals surface area contributed by atoms with E-state index in [0.717, 1.165) is 0 Å². The molecular weight excluding hydrogens is 368 g/mol. The molecule has 2 aromatic rings. The average molecular weight is 386 g/mol. The van der Waals surface area contributed by atoms with Gasteiger partial charge in [0.05, 0.1) is 30.4 Å². The topological polar surface area (TPSA) is 126 Å². The normalized spacial score (nSPS) is 16.4. The van der Waals surface area contributed by atoms with Crippen LogP contribution in [0.2, 0.25) is 0 Å². The number of rotatable bonds is 6. The second kappa shape index (κ2) is 8.49. The lowest BCUT2D eigenvalue weighted by atomic mass is 10.1. The molecule has 1 amide bonds. The Morgan fingerprint density at radius 2 is 2.14 bits per heavy atom. The number of aldehydes is 1. The monoisotopic (exact) mass is 386 g/mol. The van der Waals surface area contributed by atoms with Gasteiger partial charge in [-0.05, 0) is 24.3 Å². The molecule has 1 saturated heterocycles. The number of ether oxygens (including phenoxy) is 2. The summed E-state index contributed by atoms with van der Waals surface area (Å²) in [4.78, 5) is 40.7. The number of carbonyl (C=O) groups excluding carboxylic acids is 2. The summed E-state index contributed by atoms with van der Waals surface area (Å²) in [6.45, 7) is 0.736. The van der Waals surface area contributed by atoms with E-state index < -0.39 is 17.9 Å². The van der Waals surface area contributed by atoms with Crippen LogP contribution >= 0.6 is 0 Å². The van der Waals surface area contributed by atoms with Crippen LogP contribution in [0, 0.1) is 0 Å². The zero-order chi connectivity index (χ0) is 20.1.